The molecule has 0 radical (unpaired) electrons. The van der Waals surface area contributed by atoms with E-state index in [1.165, 1.54) is 12.1 Å². The van der Waals surface area contributed by atoms with Gasteiger partial charge in [-0.2, -0.15) is 13.2 Å². The van der Waals surface area contributed by atoms with Crippen LogP contribution in [-0.4, -0.2) is 11.0 Å². The van der Waals surface area contributed by atoms with Crippen LogP contribution in [0.15, 0.2) is 59.5 Å². The molecule has 1 N–H and O–H groups in total. The number of rotatable bonds is 7. The second kappa shape index (κ2) is 9.88. The van der Waals surface area contributed by atoms with Crippen LogP contribution >= 0.6 is 0 Å². The number of aromatic nitrogens is 1. The number of pyridine rings is 1. The minimum atomic E-state index is -4.44. The molecule has 6 heteroatoms. The zero-order valence-corrected chi connectivity index (χ0v) is 18.9. The van der Waals surface area contributed by atoms with Gasteiger partial charge in [-0.25, -0.2) is 4.39 Å². The molecule has 0 aliphatic heterocycles. The minimum Gasteiger partial charge on any atom is -0.347 e. The summed E-state index contributed by atoms with van der Waals surface area (Å²) >= 11 is 0. The summed E-state index contributed by atoms with van der Waals surface area (Å²) < 4.78 is 54.7. The Morgan fingerprint density at radius 1 is 1.22 bits per heavy atom. The average molecular weight is 447 g/mol. The molecule has 0 amide bonds. The van der Waals surface area contributed by atoms with E-state index in [0.29, 0.717) is 33.7 Å². The molecule has 172 valence electrons. The number of allylic oxidation sites excluding steroid dienone is 4. The molecule has 1 heterocycles. The van der Waals surface area contributed by atoms with Crippen molar-refractivity contribution in [1.82, 2.24) is 4.98 Å². The fourth-order valence-corrected chi connectivity index (χ4v) is 3.54. The van der Waals surface area contributed by atoms with Gasteiger partial charge in [-0.3, -0.25) is 4.99 Å². The smallest absolute Gasteiger partial charge is 0.347 e. The number of H-pyrrole nitrogens is 1. The molecule has 0 spiro atoms. The number of nitrogens with one attached hydrogen (secondary N) is 1. The highest BCUT2D eigenvalue weighted by molar-refractivity contribution is 5.94. The van der Waals surface area contributed by atoms with Crippen LogP contribution in [0.5, 0.6) is 0 Å². The van der Waals surface area contributed by atoms with Crippen molar-refractivity contribution in [3.63, 3.8) is 0 Å². The molecule has 1 aromatic carbocycles. The summed E-state index contributed by atoms with van der Waals surface area (Å²) in [5, 5.41) is 0. The summed E-state index contributed by atoms with van der Waals surface area (Å²) in [6.45, 7) is 7.84. The van der Waals surface area contributed by atoms with Gasteiger partial charge in [0.25, 0.3) is 0 Å². The van der Waals surface area contributed by atoms with Crippen LogP contribution in [0, 0.1) is 11.8 Å². The van der Waals surface area contributed by atoms with E-state index in [1.54, 1.807) is 25.3 Å². The third-order valence-electron chi connectivity index (χ3n) is 6.04. The van der Waals surface area contributed by atoms with Gasteiger partial charge in [-0.15, -0.1) is 0 Å². The Kier molecular flexibility index (Phi) is 7.42. The Hall–Kier alpha value is -2.63. The lowest BCUT2D eigenvalue weighted by Crippen LogP contribution is -2.09. The summed E-state index contributed by atoms with van der Waals surface area (Å²) in [6, 6.07) is 9.07. The van der Waals surface area contributed by atoms with Crippen LogP contribution in [-0.2, 0) is 6.18 Å². The van der Waals surface area contributed by atoms with Crippen LogP contribution < -0.4 is 5.49 Å². The second-order valence-corrected chi connectivity index (χ2v) is 8.80. The van der Waals surface area contributed by atoms with Gasteiger partial charge in [0.15, 0.2) is 0 Å². The molecule has 3 rings (SSSR count). The molecule has 32 heavy (non-hydrogen) atoms. The number of benzene rings is 1. The van der Waals surface area contributed by atoms with Gasteiger partial charge < -0.3 is 4.98 Å². The van der Waals surface area contributed by atoms with Gasteiger partial charge in [0.1, 0.15) is 11.3 Å². The van der Waals surface area contributed by atoms with Crippen molar-refractivity contribution < 1.29 is 17.6 Å². The van der Waals surface area contributed by atoms with Gasteiger partial charge in [0.2, 0.25) is 0 Å². The first kappa shape index (κ1) is 24.0. The summed E-state index contributed by atoms with van der Waals surface area (Å²) in [7, 11) is 0. The molecule has 1 fully saturated rings. The van der Waals surface area contributed by atoms with Crippen molar-refractivity contribution in [3.05, 3.63) is 76.7 Å². The van der Waals surface area contributed by atoms with Crippen molar-refractivity contribution in [2.45, 2.75) is 59.2 Å². The van der Waals surface area contributed by atoms with Gasteiger partial charge in [0, 0.05) is 12.6 Å². The molecule has 1 aliphatic carbocycles. The quantitative estimate of drug-likeness (QED) is 0.336. The highest BCUT2D eigenvalue weighted by Crippen LogP contribution is 2.34. The van der Waals surface area contributed by atoms with E-state index >= 15 is 0 Å². The van der Waals surface area contributed by atoms with Crippen molar-refractivity contribution in [2.75, 3.05) is 0 Å². The molecule has 2 nitrogen and oxygen atoms in total. The zero-order valence-electron chi connectivity index (χ0n) is 18.9. The summed E-state index contributed by atoms with van der Waals surface area (Å²) in [5.74, 6) is 0.428. The lowest BCUT2D eigenvalue weighted by Gasteiger charge is -2.14. The number of alkyl halides is 3. The van der Waals surface area contributed by atoms with Gasteiger partial charge in [-0.1, -0.05) is 39.3 Å². The van der Waals surface area contributed by atoms with Gasteiger partial charge >= 0.3 is 6.18 Å². The molecule has 1 saturated carbocycles. The summed E-state index contributed by atoms with van der Waals surface area (Å²) in [4.78, 5) is 7.78. The van der Waals surface area contributed by atoms with E-state index in [4.69, 9.17) is 0 Å². The Bertz CT molecular complexity index is 1080. The lowest BCUT2D eigenvalue weighted by molar-refractivity contribution is -0.137. The third-order valence-corrected chi connectivity index (χ3v) is 6.04. The number of hydrogen-bond acceptors (Lipinski definition) is 1. The Balaban J connectivity index is 2.12. The summed E-state index contributed by atoms with van der Waals surface area (Å²) in [5.41, 5.74) is 2.21. The largest absolute Gasteiger partial charge is 0.416 e. The Labute approximate surface area is 186 Å². The third kappa shape index (κ3) is 6.21. The maximum Gasteiger partial charge on any atom is 0.416 e. The summed E-state index contributed by atoms with van der Waals surface area (Å²) in [6.07, 6.45) is 0.916. The van der Waals surface area contributed by atoms with Crippen molar-refractivity contribution in [2.24, 2.45) is 16.8 Å². The highest BCUT2D eigenvalue weighted by atomic mass is 19.4. The van der Waals surface area contributed by atoms with E-state index in [-0.39, 0.29) is 24.2 Å². The van der Waals surface area contributed by atoms with Gasteiger partial charge in [0.05, 0.1) is 11.6 Å². The first-order valence-corrected chi connectivity index (χ1v) is 11.1. The predicted octanol–water partition coefficient (Wildman–Crippen LogP) is 7.56. The molecule has 2 aromatic rings. The first-order chi connectivity index (χ1) is 15.1. The fourth-order valence-electron chi connectivity index (χ4n) is 3.54. The van der Waals surface area contributed by atoms with E-state index in [9.17, 15) is 17.6 Å². The topological polar surface area (TPSA) is 28.1 Å². The fraction of sp³-hybridized carbons (Fsp3) is 0.423. The SMILES string of the molecule is CCC(C)C/C(F)=C\C(=C(/C)c1cccc(C(F)(F)F)c1)c1cc[nH]/c(=N\C2C[C@@H]2C)c1. The Morgan fingerprint density at radius 2 is 1.94 bits per heavy atom. The zero-order chi connectivity index (χ0) is 23.5. The lowest BCUT2D eigenvalue weighted by atomic mass is 9.93. The van der Waals surface area contributed by atoms with Crippen molar-refractivity contribution >= 4 is 11.1 Å². The van der Waals surface area contributed by atoms with E-state index < -0.39 is 11.7 Å². The van der Waals surface area contributed by atoms with E-state index in [2.05, 4.69) is 16.9 Å². The molecule has 3 atom stereocenters. The van der Waals surface area contributed by atoms with Gasteiger partial charge in [-0.05, 0) is 77.8 Å². The van der Waals surface area contributed by atoms with Crippen molar-refractivity contribution in [3.8, 4) is 0 Å². The van der Waals surface area contributed by atoms with E-state index in [1.807, 2.05) is 19.9 Å². The van der Waals surface area contributed by atoms with E-state index in [0.717, 1.165) is 25.0 Å². The van der Waals surface area contributed by atoms with Crippen LogP contribution in [0.3, 0.4) is 0 Å². The molecule has 1 aromatic heterocycles. The second-order valence-electron chi connectivity index (χ2n) is 8.80. The van der Waals surface area contributed by atoms with Crippen LogP contribution in [0.25, 0.3) is 11.1 Å². The molecule has 1 aliphatic rings. The Morgan fingerprint density at radius 3 is 2.56 bits per heavy atom. The van der Waals surface area contributed by atoms with Crippen LogP contribution in [0.2, 0.25) is 0 Å². The predicted molar refractivity (Wildman–Crippen MR) is 121 cm³/mol. The minimum absolute atomic E-state index is 0.174. The molecular formula is C26H30F4N2. The number of aromatic amines is 1. The number of halogens is 4. The van der Waals surface area contributed by atoms with Crippen LogP contribution in [0.1, 0.15) is 63.6 Å². The molecule has 0 saturated heterocycles. The molecule has 2 unspecified atom stereocenters. The standard InChI is InChI=1S/C26H30F4N2/c1-5-16(2)11-22(27)15-23(18(4)19-7-6-8-21(13-19)26(28,29)30)20-9-10-31-25(14-20)32-24-12-17(24)3/h6-10,13-17,24H,5,11-12H2,1-4H3,(H,31,32)/b22-15+,23-18-/t16?,17-,24?/m0/s1. The molecular weight excluding hydrogens is 416 g/mol. The number of nitrogens with zero attached hydrogens (tertiary/aromatic N) is 1. The normalized spacial score (nSPS) is 21.4. The monoisotopic (exact) mass is 446 g/mol. The maximum absolute atomic E-state index is 14.9. The van der Waals surface area contributed by atoms with Crippen LogP contribution in [0.4, 0.5) is 17.6 Å². The highest BCUT2D eigenvalue weighted by Gasteiger charge is 2.32. The number of hydrogen-bond donors (Lipinski definition) is 1. The molecule has 0 bridgehead atoms. The van der Waals surface area contributed by atoms with Crippen molar-refractivity contribution in [1.29, 1.82) is 0 Å². The maximum atomic E-state index is 14.9. The first-order valence-electron chi connectivity index (χ1n) is 11.1. The average Bonchev–Trinajstić information content (AvgIpc) is 3.45.